The van der Waals surface area contributed by atoms with Gasteiger partial charge in [0.1, 0.15) is 0 Å². The summed E-state index contributed by atoms with van der Waals surface area (Å²) in [5, 5.41) is 0. The van der Waals surface area contributed by atoms with Gasteiger partial charge in [0.15, 0.2) is 5.96 Å². The summed E-state index contributed by atoms with van der Waals surface area (Å²) >= 11 is 3.82. The number of halogens is 1. The predicted octanol–water partition coefficient (Wildman–Crippen LogP) is 2.79. The first-order chi connectivity index (χ1) is 8.29. The molecule has 102 valence electrons. The first-order valence-electron chi connectivity index (χ1n) is 6.00. The fourth-order valence-corrected chi connectivity index (χ4v) is 3.53. The number of aryl methyl sites for hydroxylation is 1. The third kappa shape index (κ3) is 4.62. The van der Waals surface area contributed by atoms with Crippen LogP contribution in [0.2, 0.25) is 0 Å². The number of guanidine groups is 1. The van der Waals surface area contributed by atoms with E-state index < -0.39 is 0 Å². The van der Waals surface area contributed by atoms with Gasteiger partial charge in [0.2, 0.25) is 0 Å². The molecule has 6 heteroatoms. The lowest BCUT2D eigenvalue weighted by Gasteiger charge is -2.27. The van der Waals surface area contributed by atoms with E-state index in [1.807, 2.05) is 23.1 Å². The van der Waals surface area contributed by atoms with Gasteiger partial charge in [-0.1, -0.05) is 6.92 Å². The van der Waals surface area contributed by atoms with Gasteiger partial charge in [0.05, 0.1) is 6.54 Å². The summed E-state index contributed by atoms with van der Waals surface area (Å²) in [7, 11) is 0. The largest absolute Gasteiger partial charge is 0.370 e. The average Bonchev–Trinajstić information content (AvgIpc) is 2.85. The standard InChI is InChI=1S/C12H19N3S2.HI/c1-2-10-3-4-11(17-10)9-14-12(13)15-5-7-16-8-6-15;/h3-4H,2,5-9H2,1H3,(H2,13,14);1H. The molecule has 2 heterocycles. The minimum absolute atomic E-state index is 0. The average molecular weight is 397 g/mol. The fourth-order valence-electron chi connectivity index (χ4n) is 1.75. The molecule has 1 saturated heterocycles. The Morgan fingerprint density at radius 3 is 2.61 bits per heavy atom. The van der Waals surface area contributed by atoms with Crippen LogP contribution in [0, 0.1) is 0 Å². The van der Waals surface area contributed by atoms with Crippen LogP contribution >= 0.6 is 47.1 Å². The number of hydrogen-bond acceptors (Lipinski definition) is 3. The Balaban J connectivity index is 0.00000162. The maximum atomic E-state index is 6.01. The van der Waals surface area contributed by atoms with Crippen molar-refractivity contribution in [3.05, 3.63) is 21.9 Å². The molecule has 0 saturated carbocycles. The van der Waals surface area contributed by atoms with Crippen LogP contribution in [0.25, 0.3) is 0 Å². The quantitative estimate of drug-likeness (QED) is 0.485. The van der Waals surface area contributed by atoms with Gasteiger partial charge in [0.25, 0.3) is 0 Å². The second-order valence-corrected chi connectivity index (χ2v) is 6.47. The molecule has 0 spiro atoms. The molecule has 0 radical (unpaired) electrons. The lowest BCUT2D eigenvalue weighted by atomic mass is 10.4. The highest BCUT2D eigenvalue weighted by Crippen LogP contribution is 2.17. The van der Waals surface area contributed by atoms with E-state index in [1.165, 1.54) is 9.75 Å². The van der Waals surface area contributed by atoms with Crippen molar-refractivity contribution in [3.63, 3.8) is 0 Å². The molecule has 3 nitrogen and oxygen atoms in total. The lowest BCUT2D eigenvalue weighted by Crippen LogP contribution is -2.42. The van der Waals surface area contributed by atoms with Crippen molar-refractivity contribution >= 4 is 53.0 Å². The van der Waals surface area contributed by atoms with E-state index in [0.717, 1.165) is 37.6 Å². The third-order valence-electron chi connectivity index (χ3n) is 2.80. The van der Waals surface area contributed by atoms with Crippen LogP contribution in [-0.4, -0.2) is 35.5 Å². The number of nitrogens with zero attached hydrogens (tertiary/aromatic N) is 2. The van der Waals surface area contributed by atoms with Crippen molar-refractivity contribution in [3.8, 4) is 0 Å². The minimum Gasteiger partial charge on any atom is -0.370 e. The predicted molar refractivity (Wildman–Crippen MR) is 93.3 cm³/mol. The Morgan fingerprint density at radius 2 is 2.00 bits per heavy atom. The lowest BCUT2D eigenvalue weighted by molar-refractivity contribution is 0.456. The molecule has 0 aliphatic carbocycles. The molecule has 0 aromatic carbocycles. The zero-order chi connectivity index (χ0) is 12.1. The topological polar surface area (TPSA) is 41.6 Å². The Kier molecular flexibility index (Phi) is 7.40. The maximum absolute atomic E-state index is 6.01. The molecular formula is C12H20IN3S2. The highest BCUT2D eigenvalue weighted by atomic mass is 127. The van der Waals surface area contributed by atoms with E-state index in [4.69, 9.17) is 5.73 Å². The Bertz CT molecular complexity index is 386. The highest BCUT2D eigenvalue weighted by Gasteiger charge is 2.11. The van der Waals surface area contributed by atoms with Gasteiger partial charge in [-0.25, -0.2) is 4.99 Å². The van der Waals surface area contributed by atoms with E-state index in [-0.39, 0.29) is 24.0 Å². The number of hydrogen-bond donors (Lipinski definition) is 1. The van der Waals surface area contributed by atoms with Gasteiger partial charge in [-0.15, -0.1) is 35.3 Å². The van der Waals surface area contributed by atoms with Gasteiger partial charge in [-0.3, -0.25) is 0 Å². The highest BCUT2D eigenvalue weighted by molar-refractivity contribution is 14.0. The van der Waals surface area contributed by atoms with Crippen molar-refractivity contribution < 1.29 is 0 Å². The molecule has 2 N–H and O–H groups in total. The van der Waals surface area contributed by atoms with Crippen molar-refractivity contribution in [2.75, 3.05) is 24.6 Å². The van der Waals surface area contributed by atoms with Crippen molar-refractivity contribution in [1.29, 1.82) is 0 Å². The van der Waals surface area contributed by atoms with Crippen LogP contribution in [0.1, 0.15) is 16.7 Å². The maximum Gasteiger partial charge on any atom is 0.191 e. The smallest absolute Gasteiger partial charge is 0.191 e. The molecule has 0 unspecified atom stereocenters. The van der Waals surface area contributed by atoms with Gasteiger partial charge in [0, 0.05) is 34.3 Å². The van der Waals surface area contributed by atoms with Gasteiger partial charge in [-0.05, 0) is 18.6 Å². The number of nitrogens with two attached hydrogens (primary N) is 1. The van der Waals surface area contributed by atoms with E-state index >= 15 is 0 Å². The SMILES string of the molecule is CCc1ccc(CN=C(N)N2CCSCC2)s1.I. The first-order valence-corrected chi connectivity index (χ1v) is 7.97. The van der Waals surface area contributed by atoms with Crippen LogP contribution in [0.15, 0.2) is 17.1 Å². The molecular weight excluding hydrogens is 377 g/mol. The number of rotatable bonds is 3. The normalized spacial score (nSPS) is 16.5. The summed E-state index contributed by atoms with van der Waals surface area (Å²) in [4.78, 5) is 9.39. The molecule has 2 rings (SSSR count). The molecule has 1 aromatic heterocycles. The first kappa shape index (κ1) is 16.1. The summed E-state index contributed by atoms with van der Waals surface area (Å²) in [6.45, 7) is 4.97. The van der Waals surface area contributed by atoms with E-state index in [0.29, 0.717) is 5.96 Å². The van der Waals surface area contributed by atoms with Crippen LogP contribution in [-0.2, 0) is 13.0 Å². The minimum atomic E-state index is 0. The zero-order valence-corrected chi connectivity index (χ0v) is 14.6. The van der Waals surface area contributed by atoms with Gasteiger partial charge >= 0.3 is 0 Å². The molecule has 1 aliphatic heterocycles. The van der Waals surface area contributed by atoms with Crippen LogP contribution in [0.3, 0.4) is 0 Å². The second-order valence-electron chi connectivity index (χ2n) is 4.00. The van der Waals surface area contributed by atoms with E-state index in [9.17, 15) is 0 Å². The summed E-state index contributed by atoms with van der Waals surface area (Å²) in [5.41, 5.74) is 6.01. The van der Waals surface area contributed by atoms with Gasteiger partial charge in [-0.2, -0.15) is 11.8 Å². The molecule has 1 aliphatic rings. The molecule has 0 bridgehead atoms. The Labute approximate surface area is 134 Å². The third-order valence-corrected chi connectivity index (χ3v) is 4.95. The van der Waals surface area contributed by atoms with Crippen LogP contribution < -0.4 is 5.73 Å². The second kappa shape index (κ2) is 8.27. The Hall–Kier alpha value is 0.0500. The summed E-state index contributed by atoms with van der Waals surface area (Å²) < 4.78 is 0. The fraction of sp³-hybridized carbons (Fsp3) is 0.583. The van der Waals surface area contributed by atoms with Crippen molar-refractivity contribution in [2.24, 2.45) is 10.7 Å². The molecule has 18 heavy (non-hydrogen) atoms. The molecule has 1 aromatic rings. The number of aliphatic imine (C=N–C) groups is 1. The van der Waals surface area contributed by atoms with Crippen molar-refractivity contribution in [1.82, 2.24) is 4.90 Å². The van der Waals surface area contributed by atoms with Crippen LogP contribution in [0.4, 0.5) is 0 Å². The van der Waals surface area contributed by atoms with E-state index in [1.54, 1.807) is 0 Å². The monoisotopic (exact) mass is 397 g/mol. The number of thioether (sulfide) groups is 1. The van der Waals surface area contributed by atoms with E-state index in [2.05, 4.69) is 28.9 Å². The summed E-state index contributed by atoms with van der Waals surface area (Å²) in [6.07, 6.45) is 1.10. The summed E-state index contributed by atoms with van der Waals surface area (Å²) in [5.74, 6) is 3.03. The molecule has 1 fully saturated rings. The molecule has 0 atom stereocenters. The van der Waals surface area contributed by atoms with Gasteiger partial charge < -0.3 is 10.6 Å². The van der Waals surface area contributed by atoms with Crippen molar-refractivity contribution in [2.45, 2.75) is 19.9 Å². The molecule has 0 amide bonds. The number of thiophene rings is 1. The Morgan fingerprint density at radius 1 is 1.33 bits per heavy atom. The zero-order valence-electron chi connectivity index (χ0n) is 10.6. The van der Waals surface area contributed by atoms with Crippen LogP contribution in [0.5, 0.6) is 0 Å². The summed E-state index contributed by atoms with van der Waals surface area (Å²) in [6, 6.07) is 4.34.